The molecule has 0 bridgehead atoms. The van der Waals surface area contributed by atoms with Crippen LogP contribution in [-0.4, -0.2) is 34.1 Å². The van der Waals surface area contributed by atoms with Gasteiger partial charge in [0.05, 0.1) is 5.69 Å². The number of hydrogen-bond donors (Lipinski definition) is 0. The first-order chi connectivity index (χ1) is 10.6. The standard InChI is InChI=1S/C17H20N2O2S/c1-12(20)13-6-8-15(9-7-13)18-17-19(10-3-11-22-17)16(21)14-4-2-5-14/h6-9,14H,2-5,10-11H2,1H3. The number of benzene rings is 1. The molecule has 1 aliphatic heterocycles. The summed E-state index contributed by atoms with van der Waals surface area (Å²) in [5.41, 5.74) is 1.48. The van der Waals surface area contributed by atoms with Crippen LogP contribution in [0.4, 0.5) is 5.69 Å². The Labute approximate surface area is 135 Å². The van der Waals surface area contributed by atoms with Crippen molar-refractivity contribution in [2.24, 2.45) is 10.9 Å². The summed E-state index contributed by atoms with van der Waals surface area (Å²) in [6.07, 6.45) is 4.21. The average molecular weight is 316 g/mol. The Morgan fingerprint density at radius 3 is 2.50 bits per heavy atom. The highest BCUT2D eigenvalue weighted by Gasteiger charge is 2.33. The Hall–Kier alpha value is -1.62. The van der Waals surface area contributed by atoms with Crippen molar-refractivity contribution in [3.63, 3.8) is 0 Å². The van der Waals surface area contributed by atoms with Crippen LogP contribution in [0.25, 0.3) is 0 Å². The molecule has 2 fully saturated rings. The molecule has 5 heteroatoms. The quantitative estimate of drug-likeness (QED) is 0.800. The van der Waals surface area contributed by atoms with Gasteiger partial charge in [-0.1, -0.05) is 18.2 Å². The maximum atomic E-state index is 12.5. The van der Waals surface area contributed by atoms with Crippen LogP contribution in [0.5, 0.6) is 0 Å². The lowest BCUT2D eigenvalue weighted by molar-refractivity contribution is -0.134. The Morgan fingerprint density at radius 1 is 1.18 bits per heavy atom. The van der Waals surface area contributed by atoms with Crippen molar-refractivity contribution in [2.75, 3.05) is 12.3 Å². The molecule has 0 radical (unpaired) electrons. The molecule has 1 saturated carbocycles. The Balaban J connectivity index is 1.79. The number of aliphatic imine (C=N–C) groups is 1. The van der Waals surface area contributed by atoms with Crippen LogP contribution in [0.2, 0.25) is 0 Å². The second kappa shape index (κ2) is 6.65. The van der Waals surface area contributed by atoms with Crippen molar-refractivity contribution < 1.29 is 9.59 Å². The van der Waals surface area contributed by atoms with E-state index in [2.05, 4.69) is 4.99 Å². The molecule has 0 unspecified atom stereocenters. The van der Waals surface area contributed by atoms with Gasteiger partial charge in [0.25, 0.3) is 0 Å². The highest BCUT2D eigenvalue weighted by Crippen LogP contribution is 2.31. The molecule has 0 aromatic heterocycles. The number of carbonyl (C=O) groups excluding carboxylic acids is 2. The van der Waals surface area contributed by atoms with Crippen LogP contribution in [0.1, 0.15) is 43.0 Å². The van der Waals surface area contributed by atoms with E-state index in [0.717, 1.165) is 48.8 Å². The Kier molecular flexibility index (Phi) is 4.62. The van der Waals surface area contributed by atoms with Crippen LogP contribution < -0.4 is 0 Å². The predicted octanol–water partition coefficient (Wildman–Crippen LogP) is 3.64. The molecular formula is C17H20N2O2S. The fourth-order valence-corrected chi connectivity index (χ4v) is 3.58. The van der Waals surface area contributed by atoms with Gasteiger partial charge in [-0.05, 0) is 50.5 Å². The first-order valence-electron chi connectivity index (χ1n) is 7.79. The summed E-state index contributed by atoms with van der Waals surface area (Å²) in [4.78, 5) is 30.3. The van der Waals surface area contributed by atoms with E-state index in [0.29, 0.717) is 5.56 Å². The average Bonchev–Trinajstić information content (AvgIpc) is 2.46. The van der Waals surface area contributed by atoms with Gasteiger partial charge < -0.3 is 0 Å². The van der Waals surface area contributed by atoms with E-state index in [-0.39, 0.29) is 17.6 Å². The monoisotopic (exact) mass is 316 g/mol. The smallest absolute Gasteiger partial charge is 0.231 e. The van der Waals surface area contributed by atoms with Gasteiger partial charge in [0.15, 0.2) is 11.0 Å². The van der Waals surface area contributed by atoms with Crippen LogP contribution in [0, 0.1) is 5.92 Å². The maximum Gasteiger partial charge on any atom is 0.231 e. The SMILES string of the molecule is CC(=O)c1ccc(N=C2SCCCN2C(=O)C2CCC2)cc1. The molecule has 1 aliphatic carbocycles. The molecule has 0 atom stereocenters. The molecule has 0 N–H and O–H groups in total. The normalized spacial score (nSPS) is 20.8. The summed E-state index contributed by atoms with van der Waals surface area (Å²) in [6.45, 7) is 2.32. The van der Waals surface area contributed by atoms with Crippen molar-refractivity contribution in [3.8, 4) is 0 Å². The maximum absolute atomic E-state index is 12.5. The van der Waals surface area contributed by atoms with E-state index in [4.69, 9.17) is 0 Å². The molecule has 116 valence electrons. The number of carbonyl (C=O) groups is 2. The third-order valence-electron chi connectivity index (χ3n) is 4.21. The van der Waals surface area contributed by atoms with Gasteiger partial charge in [0.2, 0.25) is 5.91 Å². The molecule has 1 amide bonds. The summed E-state index contributed by atoms with van der Waals surface area (Å²) in [7, 11) is 0. The van der Waals surface area contributed by atoms with Crippen LogP contribution in [0.15, 0.2) is 29.3 Å². The zero-order valence-corrected chi connectivity index (χ0v) is 13.6. The third kappa shape index (κ3) is 3.24. The fraction of sp³-hybridized carbons (Fsp3) is 0.471. The minimum atomic E-state index is 0.0491. The predicted molar refractivity (Wildman–Crippen MR) is 89.7 cm³/mol. The lowest BCUT2D eigenvalue weighted by Crippen LogP contribution is -2.44. The molecule has 2 aliphatic rings. The van der Waals surface area contributed by atoms with Gasteiger partial charge in [-0.15, -0.1) is 0 Å². The molecule has 3 rings (SSSR count). The van der Waals surface area contributed by atoms with Gasteiger partial charge in [-0.25, -0.2) is 4.99 Å². The van der Waals surface area contributed by atoms with Gasteiger partial charge in [-0.3, -0.25) is 14.5 Å². The van der Waals surface area contributed by atoms with E-state index in [1.807, 2.05) is 17.0 Å². The van der Waals surface area contributed by atoms with Crippen LogP contribution in [-0.2, 0) is 4.79 Å². The Morgan fingerprint density at radius 2 is 1.91 bits per heavy atom. The van der Waals surface area contributed by atoms with Crippen molar-refractivity contribution >= 4 is 34.3 Å². The number of thioether (sulfide) groups is 1. The number of hydrogen-bond acceptors (Lipinski definition) is 4. The number of Topliss-reactive ketones (excluding diaryl/α,β-unsaturated/α-hetero) is 1. The Bertz CT molecular complexity index is 606. The van der Waals surface area contributed by atoms with Crippen molar-refractivity contribution in [3.05, 3.63) is 29.8 Å². The minimum Gasteiger partial charge on any atom is -0.295 e. The highest BCUT2D eigenvalue weighted by molar-refractivity contribution is 8.13. The number of ketones is 1. The first-order valence-corrected chi connectivity index (χ1v) is 8.77. The topological polar surface area (TPSA) is 49.7 Å². The van der Waals surface area contributed by atoms with Crippen LogP contribution in [0.3, 0.4) is 0 Å². The highest BCUT2D eigenvalue weighted by atomic mass is 32.2. The lowest BCUT2D eigenvalue weighted by Gasteiger charge is -2.34. The van der Waals surface area contributed by atoms with Gasteiger partial charge in [0.1, 0.15) is 0 Å². The number of amides is 1. The summed E-state index contributed by atoms with van der Waals surface area (Å²) in [5, 5.41) is 0.804. The van der Waals surface area contributed by atoms with Gasteiger partial charge in [0, 0.05) is 23.8 Å². The molecule has 22 heavy (non-hydrogen) atoms. The summed E-state index contributed by atoms with van der Waals surface area (Å²) in [5.74, 6) is 1.48. The molecule has 1 heterocycles. The number of nitrogens with zero attached hydrogens (tertiary/aromatic N) is 2. The molecule has 0 spiro atoms. The van der Waals surface area contributed by atoms with Crippen LogP contribution >= 0.6 is 11.8 Å². The van der Waals surface area contributed by atoms with Crippen molar-refractivity contribution in [2.45, 2.75) is 32.6 Å². The number of amidine groups is 1. The van der Waals surface area contributed by atoms with E-state index in [1.165, 1.54) is 0 Å². The third-order valence-corrected chi connectivity index (χ3v) is 5.27. The summed E-state index contributed by atoms with van der Waals surface area (Å²) in [6, 6.07) is 7.25. The van der Waals surface area contributed by atoms with Gasteiger partial charge in [-0.2, -0.15) is 0 Å². The van der Waals surface area contributed by atoms with E-state index >= 15 is 0 Å². The second-order valence-corrected chi connectivity index (χ2v) is 6.88. The zero-order chi connectivity index (χ0) is 15.5. The number of rotatable bonds is 3. The summed E-state index contributed by atoms with van der Waals surface area (Å²) >= 11 is 1.65. The van der Waals surface area contributed by atoms with Gasteiger partial charge >= 0.3 is 0 Å². The minimum absolute atomic E-state index is 0.0491. The van der Waals surface area contributed by atoms with E-state index in [1.54, 1.807) is 30.8 Å². The first kappa shape index (κ1) is 15.3. The summed E-state index contributed by atoms with van der Waals surface area (Å²) < 4.78 is 0. The fourth-order valence-electron chi connectivity index (χ4n) is 2.61. The second-order valence-electron chi connectivity index (χ2n) is 5.82. The zero-order valence-electron chi connectivity index (χ0n) is 12.7. The van der Waals surface area contributed by atoms with Crippen molar-refractivity contribution in [1.29, 1.82) is 0 Å². The molecular weight excluding hydrogens is 296 g/mol. The lowest BCUT2D eigenvalue weighted by atomic mass is 9.84. The largest absolute Gasteiger partial charge is 0.295 e. The molecule has 1 aromatic rings. The van der Waals surface area contributed by atoms with Crippen molar-refractivity contribution in [1.82, 2.24) is 4.90 Å². The van der Waals surface area contributed by atoms with E-state index < -0.39 is 0 Å². The van der Waals surface area contributed by atoms with E-state index in [9.17, 15) is 9.59 Å². The molecule has 1 aromatic carbocycles. The molecule has 1 saturated heterocycles. The molecule has 4 nitrogen and oxygen atoms in total.